The highest BCUT2D eigenvalue weighted by atomic mass is 19.3. The molecule has 2 nitrogen and oxygen atoms in total. The molecule has 0 fully saturated rings. The van der Waals surface area contributed by atoms with Gasteiger partial charge in [0.1, 0.15) is 5.75 Å². The third-order valence-electron chi connectivity index (χ3n) is 2.79. The fraction of sp³-hybridized carbons (Fsp3) is 0.200. The van der Waals surface area contributed by atoms with Gasteiger partial charge >= 0.3 is 6.61 Å². The number of alkyl halides is 4. The summed E-state index contributed by atoms with van der Waals surface area (Å²) in [5.74, 6) is 0.0116. The van der Waals surface area contributed by atoms with E-state index in [0.29, 0.717) is 11.3 Å². The topological polar surface area (TPSA) is 21.3 Å². The van der Waals surface area contributed by atoms with Crippen molar-refractivity contribution < 1.29 is 22.3 Å². The van der Waals surface area contributed by atoms with E-state index in [-0.39, 0.29) is 17.9 Å². The first-order valence-electron chi connectivity index (χ1n) is 6.21. The van der Waals surface area contributed by atoms with Crippen LogP contribution >= 0.6 is 0 Å². The molecule has 0 saturated heterocycles. The number of ether oxygens (including phenoxy) is 1. The van der Waals surface area contributed by atoms with Gasteiger partial charge in [-0.2, -0.15) is 8.78 Å². The number of hydrogen-bond acceptors (Lipinski definition) is 2. The second kappa shape index (κ2) is 6.97. The van der Waals surface area contributed by atoms with E-state index >= 15 is 0 Å². The molecule has 0 amide bonds. The number of benzene rings is 2. The molecule has 2 aromatic carbocycles. The Kier molecular flexibility index (Phi) is 5.03. The second-order valence-corrected chi connectivity index (χ2v) is 4.27. The van der Waals surface area contributed by atoms with Crippen LogP contribution in [0.1, 0.15) is 17.6 Å². The minimum atomic E-state index is -2.92. The first-order valence-corrected chi connectivity index (χ1v) is 6.21. The van der Waals surface area contributed by atoms with Crippen molar-refractivity contribution in [2.45, 2.75) is 19.6 Å². The summed E-state index contributed by atoms with van der Waals surface area (Å²) < 4.78 is 54.1. The average Bonchev–Trinajstić information content (AvgIpc) is 2.46. The highest BCUT2D eigenvalue weighted by Crippen LogP contribution is 2.26. The van der Waals surface area contributed by atoms with Gasteiger partial charge in [-0.05, 0) is 23.8 Å². The highest BCUT2D eigenvalue weighted by molar-refractivity contribution is 5.56. The maximum absolute atomic E-state index is 12.6. The molecule has 0 bridgehead atoms. The number of para-hydroxylation sites is 2. The van der Waals surface area contributed by atoms with Crippen LogP contribution in [0.15, 0.2) is 48.5 Å². The van der Waals surface area contributed by atoms with Crippen molar-refractivity contribution in [2.24, 2.45) is 0 Å². The summed E-state index contributed by atoms with van der Waals surface area (Å²) in [6.45, 7) is -2.69. The summed E-state index contributed by atoms with van der Waals surface area (Å²) in [5, 5.41) is 2.90. The fourth-order valence-corrected chi connectivity index (χ4v) is 1.85. The smallest absolute Gasteiger partial charge is 0.387 e. The Morgan fingerprint density at radius 3 is 2.43 bits per heavy atom. The van der Waals surface area contributed by atoms with Gasteiger partial charge in [-0.3, -0.25) is 0 Å². The van der Waals surface area contributed by atoms with E-state index in [2.05, 4.69) is 10.1 Å². The molecule has 0 aliphatic heterocycles. The predicted octanol–water partition coefficient (Wildman–Crippen LogP) is 4.84. The molecule has 0 aromatic heterocycles. The first-order chi connectivity index (χ1) is 10.1. The standard InChI is InChI=1S/C15H13F4NO/c16-14(17)11-5-3-4-10(8-11)9-20-12-6-1-2-7-13(12)21-15(18)19/h1-8,14-15,20H,9H2. The van der Waals surface area contributed by atoms with Crippen molar-refractivity contribution in [3.05, 3.63) is 59.7 Å². The van der Waals surface area contributed by atoms with Gasteiger partial charge in [0, 0.05) is 12.1 Å². The molecular weight excluding hydrogens is 286 g/mol. The molecule has 21 heavy (non-hydrogen) atoms. The Morgan fingerprint density at radius 1 is 0.952 bits per heavy atom. The van der Waals surface area contributed by atoms with Crippen LogP contribution < -0.4 is 10.1 Å². The SMILES string of the molecule is FC(F)Oc1ccccc1NCc1cccc(C(F)F)c1. The van der Waals surface area contributed by atoms with Gasteiger partial charge in [0.25, 0.3) is 6.43 Å². The molecular formula is C15H13F4NO. The van der Waals surface area contributed by atoms with E-state index in [0.717, 1.165) is 0 Å². The van der Waals surface area contributed by atoms with Crippen molar-refractivity contribution in [1.82, 2.24) is 0 Å². The van der Waals surface area contributed by atoms with Crippen molar-refractivity contribution in [3.8, 4) is 5.75 Å². The normalized spacial score (nSPS) is 11.0. The van der Waals surface area contributed by atoms with Crippen LogP contribution in [0.5, 0.6) is 5.75 Å². The van der Waals surface area contributed by atoms with Gasteiger partial charge in [-0.1, -0.05) is 30.3 Å². The quantitative estimate of drug-likeness (QED) is 0.771. The van der Waals surface area contributed by atoms with E-state index in [1.807, 2.05) is 0 Å². The third-order valence-corrected chi connectivity index (χ3v) is 2.79. The van der Waals surface area contributed by atoms with Crippen molar-refractivity contribution in [2.75, 3.05) is 5.32 Å². The Balaban J connectivity index is 2.08. The summed E-state index contributed by atoms with van der Waals surface area (Å²) in [4.78, 5) is 0. The van der Waals surface area contributed by atoms with Crippen molar-refractivity contribution in [3.63, 3.8) is 0 Å². The molecule has 0 saturated carbocycles. The molecule has 6 heteroatoms. The van der Waals surface area contributed by atoms with E-state index in [4.69, 9.17) is 0 Å². The molecule has 0 radical (unpaired) electrons. The van der Waals surface area contributed by atoms with Gasteiger partial charge in [0.05, 0.1) is 5.69 Å². The van der Waals surface area contributed by atoms with Crippen LogP contribution in [0.25, 0.3) is 0 Å². The lowest BCUT2D eigenvalue weighted by Crippen LogP contribution is -2.06. The molecule has 2 aromatic rings. The first kappa shape index (κ1) is 15.2. The van der Waals surface area contributed by atoms with Crippen LogP contribution in [-0.2, 0) is 6.54 Å². The minimum absolute atomic E-state index is 0.0116. The summed E-state index contributed by atoms with van der Waals surface area (Å²) in [6.07, 6.45) is -2.54. The lowest BCUT2D eigenvalue weighted by atomic mass is 10.1. The predicted molar refractivity (Wildman–Crippen MR) is 71.8 cm³/mol. The Hall–Kier alpha value is -2.24. The van der Waals surface area contributed by atoms with E-state index < -0.39 is 13.0 Å². The maximum atomic E-state index is 12.6. The van der Waals surface area contributed by atoms with Crippen molar-refractivity contribution >= 4 is 5.69 Å². The average molecular weight is 299 g/mol. The minimum Gasteiger partial charge on any atom is -0.433 e. The monoisotopic (exact) mass is 299 g/mol. The fourth-order valence-electron chi connectivity index (χ4n) is 1.85. The van der Waals surface area contributed by atoms with Gasteiger partial charge in [-0.15, -0.1) is 0 Å². The van der Waals surface area contributed by atoms with Crippen LogP contribution in [0, 0.1) is 0 Å². The molecule has 0 atom stereocenters. The summed E-state index contributed by atoms with van der Waals surface area (Å²) >= 11 is 0. The molecule has 0 spiro atoms. The summed E-state index contributed by atoms with van der Waals surface area (Å²) in [6, 6.07) is 12.1. The van der Waals surface area contributed by atoms with Gasteiger partial charge in [-0.25, -0.2) is 8.78 Å². The number of halogens is 4. The lowest BCUT2D eigenvalue weighted by molar-refractivity contribution is -0.0493. The molecule has 0 unspecified atom stereocenters. The highest BCUT2D eigenvalue weighted by Gasteiger charge is 2.10. The zero-order chi connectivity index (χ0) is 15.2. The maximum Gasteiger partial charge on any atom is 0.387 e. The molecule has 0 aliphatic rings. The van der Waals surface area contributed by atoms with E-state index in [1.54, 1.807) is 24.3 Å². The number of anilines is 1. The van der Waals surface area contributed by atoms with Crippen molar-refractivity contribution in [1.29, 1.82) is 0 Å². The molecule has 0 heterocycles. The molecule has 2 rings (SSSR count). The molecule has 1 N–H and O–H groups in total. The van der Waals surface area contributed by atoms with E-state index in [1.165, 1.54) is 24.3 Å². The summed E-state index contributed by atoms with van der Waals surface area (Å²) in [5.41, 5.74) is 0.923. The zero-order valence-corrected chi connectivity index (χ0v) is 10.9. The van der Waals surface area contributed by atoms with Crippen LogP contribution in [0.4, 0.5) is 23.2 Å². The largest absolute Gasteiger partial charge is 0.433 e. The number of nitrogens with one attached hydrogen (secondary N) is 1. The van der Waals surface area contributed by atoms with Gasteiger partial charge < -0.3 is 10.1 Å². The Morgan fingerprint density at radius 2 is 1.71 bits per heavy atom. The van der Waals surface area contributed by atoms with Crippen LogP contribution in [0.2, 0.25) is 0 Å². The van der Waals surface area contributed by atoms with Gasteiger partial charge in [0.2, 0.25) is 0 Å². The lowest BCUT2D eigenvalue weighted by Gasteiger charge is -2.13. The molecule has 112 valence electrons. The van der Waals surface area contributed by atoms with Crippen LogP contribution in [0.3, 0.4) is 0 Å². The van der Waals surface area contributed by atoms with Gasteiger partial charge in [0.15, 0.2) is 0 Å². The number of rotatable bonds is 6. The van der Waals surface area contributed by atoms with E-state index in [9.17, 15) is 17.6 Å². The third kappa shape index (κ3) is 4.37. The van der Waals surface area contributed by atoms with Crippen LogP contribution in [-0.4, -0.2) is 6.61 Å². The summed E-state index contributed by atoms with van der Waals surface area (Å²) in [7, 11) is 0. The Bertz CT molecular complexity index is 589. The number of hydrogen-bond donors (Lipinski definition) is 1. The second-order valence-electron chi connectivity index (χ2n) is 4.27. The molecule has 0 aliphatic carbocycles. The zero-order valence-electron chi connectivity index (χ0n) is 10.9. The Labute approximate surface area is 119 Å².